The Morgan fingerprint density at radius 2 is 1.78 bits per heavy atom. The molecule has 1 aromatic rings. The summed E-state index contributed by atoms with van der Waals surface area (Å²) < 4.78 is 0. The fraction of sp³-hybridized carbons (Fsp3) is 0.444. The molecule has 27 heavy (non-hydrogen) atoms. The van der Waals surface area contributed by atoms with Crippen LogP contribution in [0.25, 0.3) is 0 Å². The lowest BCUT2D eigenvalue weighted by molar-refractivity contribution is -0.158. The number of hydrogen-bond donors (Lipinski definition) is 2. The van der Waals surface area contributed by atoms with E-state index >= 15 is 0 Å². The largest absolute Gasteiger partial charge is 0.335 e. The van der Waals surface area contributed by atoms with Gasteiger partial charge in [-0.2, -0.15) is 0 Å². The fourth-order valence-electron chi connectivity index (χ4n) is 3.40. The van der Waals surface area contributed by atoms with Gasteiger partial charge in [0.15, 0.2) is 0 Å². The maximum absolute atomic E-state index is 12.4. The average molecular weight is 373 g/mol. The number of nitrogens with zero attached hydrogens (tertiary/aromatic N) is 3. The van der Waals surface area contributed by atoms with E-state index in [0.29, 0.717) is 31.0 Å². The number of nitrogens with one attached hydrogen (secondary N) is 2. The summed E-state index contributed by atoms with van der Waals surface area (Å²) in [6, 6.07) is 6.41. The first-order chi connectivity index (χ1) is 12.8. The Morgan fingerprint density at radius 1 is 1.11 bits per heavy atom. The number of fused-ring (bicyclic) bond motifs is 1. The van der Waals surface area contributed by atoms with Gasteiger partial charge >= 0.3 is 0 Å². The highest BCUT2D eigenvalue weighted by Gasteiger charge is 2.41. The van der Waals surface area contributed by atoms with Gasteiger partial charge in [-0.1, -0.05) is 12.1 Å². The number of likely N-dealkylation sites (N-methyl/N-ethyl adjacent to an activating group) is 1. The lowest BCUT2D eigenvalue weighted by Crippen LogP contribution is -2.66. The summed E-state index contributed by atoms with van der Waals surface area (Å²) in [6.07, 6.45) is 0. The van der Waals surface area contributed by atoms with Crippen LogP contribution in [-0.2, 0) is 19.2 Å². The van der Waals surface area contributed by atoms with Crippen LogP contribution in [0.1, 0.15) is 6.92 Å². The van der Waals surface area contributed by atoms with Crippen LogP contribution in [0.5, 0.6) is 0 Å². The molecule has 2 aliphatic rings. The number of amides is 4. The molecule has 2 aliphatic heterocycles. The molecular formula is C18H23N5O4. The summed E-state index contributed by atoms with van der Waals surface area (Å²) in [5.74, 6) is -0.632. The van der Waals surface area contributed by atoms with Crippen molar-refractivity contribution in [2.24, 2.45) is 0 Å². The van der Waals surface area contributed by atoms with Crippen molar-refractivity contribution < 1.29 is 19.2 Å². The third kappa shape index (κ3) is 4.25. The zero-order chi connectivity index (χ0) is 19.6. The summed E-state index contributed by atoms with van der Waals surface area (Å²) in [5.41, 5.74) is 1.04. The molecule has 0 saturated carbocycles. The second kappa shape index (κ2) is 7.75. The van der Waals surface area contributed by atoms with Crippen LogP contribution in [-0.4, -0.2) is 84.1 Å². The second-order valence-corrected chi connectivity index (χ2v) is 6.81. The van der Waals surface area contributed by atoms with E-state index in [9.17, 15) is 19.2 Å². The predicted molar refractivity (Wildman–Crippen MR) is 99.0 cm³/mol. The summed E-state index contributed by atoms with van der Waals surface area (Å²) in [7, 11) is 1.61. The van der Waals surface area contributed by atoms with Gasteiger partial charge in [-0.05, 0) is 12.1 Å². The molecule has 3 rings (SSSR count). The Bertz CT molecular complexity index is 781. The van der Waals surface area contributed by atoms with E-state index in [1.165, 1.54) is 11.8 Å². The van der Waals surface area contributed by atoms with E-state index in [4.69, 9.17) is 0 Å². The van der Waals surface area contributed by atoms with Gasteiger partial charge in [0.25, 0.3) is 0 Å². The van der Waals surface area contributed by atoms with Gasteiger partial charge in [-0.3, -0.25) is 24.1 Å². The van der Waals surface area contributed by atoms with Crippen LogP contribution < -0.4 is 10.6 Å². The van der Waals surface area contributed by atoms with Crippen LogP contribution >= 0.6 is 0 Å². The Kier molecular flexibility index (Phi) is 5.41. The molecule has 0 bridgehead atoms. The molecule has 2 fully saturated rings. The van der Waals surface area contributed by atoms with Gasteiger partial charge in [0.05, 0.1) is 24.5 Å². The number of carbonyl (C=O) groups is 4. The Labute approximate surface area is 157 Å². The molecule has 0 aliphatic carbocycles. The smallest absolute Gasteiger partial charge is 0.246 e. The van der Waals surface area contributed by atoms with E-state index in [2.05, 4.69) is 10.6 Å². The predicted octanol–water partition coefficient (Wildman–Crippen LogP) is -0.432. The van der Waals surface area contributed by atoms with Crippen molar-refractivity contribution in [2.45, 2.75) is 13.0 Å². The third-order valence-corrected chi connectivity index (χ3v) is 4.70. The number of hydrogen-bond acceptors (Lipinski definition) is 5. The van der Waals surface area contributed by atoms with Crippen LogP contribution in [0.15, 0.2) is 24.3 Å². The van der Waals surface area contributed by atoms with Crippen LogP contribution in [0.2, 0.25) is 0 Å². The Balaban J connectivity index is 1.62. The summed E-state index contributed by atoms with van der Waals surface area (Å²) in [4.78, 5) is 53.0. The number of piperazine rings is 2. The monoisotopic (exact) mass is 373 g/mol. The minimum Gasteiger partial charge on any atom is -0.335 e. The quantitative estimate of drug-likeness (QED) is 0.746. The normalized spacial score (nSPS) is 20.3. The maximum atomic E-state index is 12.4. The highest BCUT2D eigenvalue weighted by molar-refractivity contribution is 5.99. The molecule has 2 saturated heterocycles. The number of anilines is 2. The van der Waals surface area contributed by atoms with Crippen molar-refractivity contribution in [3.63, 3.8) is 0 Å². The molecule has 1 aromatic carbocycles. The number of benzene rings is 1. The topological polar surface area (TPSA) is 102 Å². The van der Waals surface area contributed by atoms with Gasteiger partial charge < -0.3 is 20.4 Å². The zero-order valence-corrected chi connectivity index (χ0v) is 15.4. The number of rotatable bonds is 4. The fourth-order valence-corrected chi connectivity index (χ4v) is 3.40. The molecule has 9 heteroatoms. The minimum atomic E-state index is -0.538. The summed E-state index contributed by atoms with van der Waals surface area (Å²) in [5, 5.41) is 5.47. The van der Waals surface area contributed by atoms with Crippen LogP contribution in [0.4, 0.5) is 11.4 Å². The first-order valence-electron chi connectivity index (χ1n) is 8.78. The summed E-state index contributed by atoms with van der Waals surface area (Å²) in [6.45, 7) is 2.89. The lowest BCUT2D eigenvalue weighted by atomic mass is 10.1. The molecule has 1 unspecified atom stereocenters. The second-order valence-electron chi connectivity index (χ2n) is 6.81. The van der Waals surface area contributed by atoms with E-state index in [1.54, 1.807) is 36.2 Å². The van der Waals surface area contributed by atoms with Gasteiger partial charge in [-0.25, -0.2) is 0 Å². The molecule has 0 aromatic heterocycles. The van der Waals surface area contributed by atoms with Crippen LogP contribution in [0.3, 0.4) is 0 Å². The summed E-state index contributed by atoms with van der Waals surface area (Å²) >= 11 is 0. The SMILES string of the molecule is CC(=O)Nc1ccccc1NC(=O)CN1CCN2C(=O)CN(C)C(=O)C2C1. The van der Waals surface area contributed by atoms with Gasteiger partial charge in [0, 0.05) is 33.6 Å². The number of para-hydroxylation sites is 2. The van der Waals surface area contributed by atoms with Crippen molar-refractivity contribution >= 4 is 35.0 Å². The number of carbonyl (C=O) groups excluding carboxylic acids is 4. The van der Waals surface area contributed by atoms with Crippen molar-refractivity contribution in [2.75, 3.05) is 50.4 Å². The molecule has 9 nitrogen and oxygen atoms in total. The Hall–Kier alpha value is -2.94. The van der Waals surface area contributed by atoms with E-state index < -0.39 is 6.04 Å². The molecule has 0 radical (unpaired) electrons. The van der Waals surface area contributed by atoms with Gasteiger partial charge in [0.2, 0.25) is 23.6 Å². The van der Waals surface area contributed by atoms with Crippen molar-refractivity contribution in [3.05, 3.63) is 24.3 Å². The van der Waals surface area contributed by atoms with Crippen molar-refractivity contribution in [3.8, 4) is 0 Å². The molecule has 1 atom stereocenters. The van der Waals surface area contributed by atoms with E-state index in [0.717, 1.165) is 0 Å². The molecule has 144 valence electrons. The molecule has 2 heterocycles. The lowest BCUT2D eigenvalue weighted by Gasteiger charge is -2.45. The van der Waals surface area contributed by atoms with Gasteiger partial charge in [0.1, 0.15) is 6.04 Å². The maximum Gasteiger partial charge on any atom is 0.246 e. The standard InChI is InChI=1S/C18H23N5O4/c1-12(24)19-13-5-3-4-6-14(13)20-16(25)10-22-7-8-23-15(9-22)18(27)21(2)11-17(23)26/h3-6,15H,7-11H2,1-2H3,(H,19,24)(H,20,25). The molecule has 2 N–H and O–H groups in total. The van der Waals surface area contributed by atoms with Crippen molar-refractivity contribution in [1.82, 2.24) is 14.7 Å². The average Bonchev–Trinajstić information content (AvgIpc) is 2.61. The third-order valence-electron chi connectivity index (χ3n) is 4.70. The Morgan fingerprint density at radius 3 is 2.44 bits per heavy atom. The zero-order valence-electron chi connectivity index (χ0n) is 15.4. The van der Waals surface area contributed by atoms with E-state index in [1.807, 2.05) is 4.90 Å². The van der Waals surface area contributed by atoms with Gasteiger partial charge in [-0.15, -0.1) is 0 Å². The molecule has 4 amide bonds. The first-order valence-corrected chi connectivity index (χ1v) is 8.78. The highest BCUT2D eigenvalue weighted by atomic mass is 16.2. The molecule has 0 spiro atoms. The highest BCUT2D eigenvalue weighted by Crippen LogP contribution is 2.21. The minimum absolute atomic E-state index is 0.0598. The van der Waals surface area contributed by atoms with Crippen LogP contribution in [0, 0.1) is 0 Å². The molecular weight excluding hydrogens is 350 g/mol. The van der Waals surface area contributed by atoms with Crippen molar-refractivity contribution in [1.29, 1.82) is 0 Å². The van der Waals surface area contributed by atoms with E-state index in [-0.39, 0.29) is 36.7 Å². The first kappa shape index (κ1) is 18.8.